The van der Waals surface area contributed by atoms with Crippen molar-refractivity contribution in [2.45, 2.75) is 15.5 Å². The number of nitrogens with two attached hydrogens (primary N) is 2. The highest BCUT2D eigenvalue weighted by atomic mass is 35.5. The highest BCUT2D eigenvalue weighted by Crippen LogP contribution is 2.25. The molecule has 0 aliphatic carbocycles. The fraction of sp³-hybridized carbons (Fsp3) is 0.0769. The van der Waals surface area contributed by atoms with E-state index >= 15 is 0 Å². The van der Waals surface area contributed by atoms with Crippen LogP contribution in [0.1, 0.15) is 5.56 Å². The van der Waals surface area contributed by atoms with Crippen LogP contribution >= 0.6 is 11.6 Å². The second-order valence-corrected chi connectivity index (χ2v) is 8.59. The van der Waals surface area contributed by atoms with Gasteiger partial charge in [0.15, 0.2) is 9.84 Å². The summed E-state index contributed by atoms with van der Waals surface area (Å²) in [7, 11) is -7.43. The number of benzene rings is 2. The lowest BCUT2D eigenvalue weighted by Gasteiger charge is -2.07. The first-order valence-corrected chi connectivity index (χ1v) is 9.57. The lowest BCUT2D eigenvalue weighted by Crippen LogP contribution is -2.12. The van der Waals surface area contributed by atoms with E-state index in [2.05, 4.69) is 0 Å². The zero-order valence-electron chi connectivity index (χ0n) is 11.2. The molecule has 4 N–H and O–H groups in total. The summed E-state index contributed by atoms with van der Waals surface area (Å²) in [6, 6.07) is 9.39. The van der Waals surface area contributed by atoms with Crippen LogP contribution in [-0.2, 0) is 25.6 Å². The zero-order valence-corrected chi connectivity index (χ0v) is 13.6. The molecule has 0 radical (unpaired) electrons. The Balaban J connectivity index is 2.30. The third-order valence-electron chi connectivity index (χ3n) is 2.94. The van der Waals surface area contributed by atoms with Gasteiger partial charge in [-0.2, -0.15) is 0 Å². The van der Waals surface area contributed by atoms with Crippen LogP contribution in [0.2, 0.25) is 5.02 Å². The third-order valence-corrected chi connectivity index (χ3v) is 5.88. The number of nitrogen functional groups attached to an aromatic ring is 1. The number of anilines is 1. The highest BCUT2D eigenvalue weighted by molar-refractivity contribution is 7.90. The first-order chi connectivity index (χ1) is 10.1. The van der Waals surface area contributed by atoms with Crippen molar-refractivity contribution in [2.24, 2.45) is 5.14 Å². The van der Waals surface area contributed by atoms with E-state index in [1.807, 2.05) is 0 Å². The monoisotopic (exact) mass is 360 g/mol. The molecule has 2 aromatic rings. The Morgan fingerprint density at radius 3 is 1.95 bits per heavy atom. The van der Waals surface area contributed by atoms with Gasteiger partial charge in [-0.05, 0) is 35.9 Å². The molecule has 0 aliphatic heterocycles. The van der Waals surface area contributed by atoms with E-state index < -0.39 is 19.9 Å². The highest BCUT2D eigenvalue weighted by Gasteiger charge is 2.17. The molecule has 118 valence electrons. The van der Waals surface area contributed by atoms with Gasteiger partial charge in [-0.1, -0.05) is 23.7 Å². The zero-order chi connectivity index (χ0) is 16.5. The molecule has 0 saturated carbocycles. The maximum atomic E-state index is 12.3. The van der Waals surface area contributed by atoms with Gasteiger partial charge in [0.05, 0.1) is 26.3 Å². The third kappa shape index (κ3) is 3.77. The first kappa shape index (κ1) is 16.8. The van der Waals surface area contributed by atoms with Crippen LogP contribution in [0.3, 0.4) is 0 Å². The predicted molar refractivity (Wildman–Crippen MR) is 84.6 cm³/mol. The Labute approximate surface area is 133 Å². The molecule has 22 heavy (non-hydrogen) atoms. The summed E-state index contributed by atoms with van der Waals surface area (Å²) in [6.45, 7) is 0. The summed E-state index contributed by atoms with van der Waals surface area (Å²) in [5.74, 6) is -0.294. The molecular weight excluding hydrogens is 348 g/mol. The molecular formula is C13H13ClN2O4S2. The molecule has 0 bridgehead atoms. The van der Waals surface area contributed by atoms with Crippen molar-refractivity contribution in [1.82, 2.24) is 0 Å². The normalized spacial score (nSPS) is 12.3. The van der Waals surface area contributed by atoms with Crippen LogP contribution in [0.25, 0.3) is 0 Å². The number of hydrogen-bond acceptors (Lipinski definition) is 5. The van der Waals surface area contributed by atoms with Crippen molar-refractivity contribution in [3.8, 4) is 0 Å². The summed E-state index contributed by atoms with van der Waals surface area (Å²) >= 11 is 5.82. The Morgan fingerprint density at radius 2 is 1.45 bits per heavy atom. The number of hydrogen-bond donors (Lipinski definition) is 2. The number of sulfonamides is 1. The molecule has 0 heterocycles. The molecule has 6 nitrogen and oxygen atoms in total. The Bertz CT molecular complexity index is 908. The van der Waals surface area contributed by atoms with E-state index in [0.717, 1.165) is 0 Å². The second-order valence-electron chi connectivity index (χ2n) is 4.63. The van der Waals surface area contributed by atoms with Crippen LogP contribution in [0, 0.1) is 0 Å². The summed E-state index contributed by atoms with van der Waals surface area (Å²) in [5.41, 5.74) is 6.27. The second kappa shape index (κ2) is 5.88. The molecule has 9 heteroatoms. The molecule has 0 amide bonds. The maximum Gasteiger partial charge on any atom is 0.238 e. The van der Waals surface area contributed by atoms with Crippen molar-refractivity contribution in [3.05, 3.63) is 53.1 Å². The quantitative estimate of drug-likeness (QED) is 0.801. The lowest BCUT2D eigenvalue weighted by atomic mass is 10.2. The van der Waals surface area contributed by atoms with Crippen molar-refractivity contribution in [3.63, 3.8) is 0 Å². The van der Waals surface area contributed by atoms with E-state index in [-0.39, 0.29) is 26.3 Å². The topological polar surface area (TPSA) is 120 Å². The van der Waals surface area contributed by atoms with Crippen molar-refractivity contribution in [1.29, 1.82) is 0 Å². The summed E-state index contributed by atoms with van der Waals surface area (Å²) < 4.78 is 46.9. The number of primary sulfonamides is 1. The van der Waals surface area contributed by atoms with E-state index in [1.165, 1.54) is 42.5 Å². The van der Waals surface area contributed by atoms with E-state index in [1.54, 1.807) is 0 Å². The van der Waals surface area contributed by atoms with E-state index in [4.69, 9.17) is 22.5 Å². The van der Waals surface area contributed by atoms with Gasteiger partial charge >= 0.3 is 0 Å². The molecule has 0 aromatic heterocycles. The van der Waals surface area contributed by atoms with Gasteiger partial charge < -0.3 is 5.73 Å². The fourth-order valence-electron chi connectivity index (χ4n) is 1.78. The van der Waals surface area contributed by atoms with E-state index in [9.17, 15) is 16.8 Å². The van der Waals surface area contributed by atoms with Gasteiger partial charge in [0.25, 0.3) is 0 Å². The Kier molecular flexibility index (Phi) is 4.48. The predicted octanol–water partition coefficient (Wildman–Crippen LogP) is 1.54. The molecule has 2 aromatic carbocycles. The van der Waals surface area contributed by atoms with Crippen LogP contribution in [0.15, 0.2) is 52.3 Å². The number of halogens is 1. The largest absolute Gasteiger partial charge is 0.398 e. The Morgan fingerprint density at radius 1 is 0.909 bits per heavy atom. The molecule has 0 unspecified atom stereocenters. The SMILES string of the molecule is Nc1ccc(S(=O)(=O)Cc2ccc(S(N)(=O)=O)cc2)cc1Cl. The molecule has 0 atom stereocenters. The number of sulfone groups is 1. The molecule has 0 fully saturated rings. The fourth-order valence-corrected chi connectivity index (χ4v) is 3.91. The molecule has 0 aliphatic rings. The summed E-state index contributed by atoms with van der Waals surface area (Å²) in [6.07, 6.45) is 0. The first-order valence-electron chi connectivity index (χ1n) is 5.99. The van der Waals surface area contributed by atoms with Crippen molar-refractivity contribution >= 4 is 37.1 Å². The standard InChI is InChI=1S/C13H13ClN2O4S2/c14-12-7-11(5-6-13(12)15)21(17,18)8-9-1-3-10(4-2-9)22(16,19)20/h1-7H,8,15H2,(H2,16,19,20). The van der Waals surface area contributed by atoms with Crippen LogP contribution < -0.4 is 10.9 Å². The van der Waals surface area contributed by atoms with Crippen molar-refractivity contribution in [2.75, 3.05) is 5.73 Å². The molecule has 0 spiro atoms. The van der Waals surface area contributed by atoms with Gasteiger partial charge in [-0.15, -0.1) is 0 Å². The molecule has 0 saturated heterocycles. The summed E-state index contributed by atoms with van der Waals surface area (Å²) in [5, 5.41) is 5.14. The number of rotatable bonds is 4. The summed E-state index contributed by atoms with van der Waals surface area (Å²) in [4.78, 5) is -0.0357. The minimum absolute atomic E-state index is 0.0437. The van der Waals surface area contributed by atoms with E-state index in [0.29, 0.717) is 5.56 Å². The average Bonchev–Trinajstić information content (AvgIpc) is 2.41. The van der Waals surface area contributed by atoms with Crippen LogP contribution in [0.4, 0.5) is 5.69 Å². The van der Waals surface area contributed by atoms with Gasteiger partial charge in [0, 0.05) is 0 Å². The van der Waals surface area contributed by atoms with Crippen LogP contribution in [0.5, 0.6) is 0 Å². The minimum Gasteiger partial charge on any atom is -0.398 e. The smallest absolute Gasteiger partial charge is 0.238 e. The maximum absolute atomic E-state index is 12.3. The van der Waals surface area contributed by atoms with Gasteiger partial charge in [0.1, 0.15) is 0 Å². The Hall–Kier alpha value is -1.61. The van der Waals surface area contributed by atoms with Gasteiger partial charge in [-0.3, -0.25) is 0 Å². The van der Waals surface area contributed by atoms with Crippen LogP contribution in [-0.4, -0.2) is 16.8 Å². The minimum atomic E-state index is -3.81. The van der Waals surface area contributed by atoms with Crippen molar-refractivity contribution < 1.29 is 16.8 Å². The average molecular weight is 361 g/mol. The van der Waals surface area contributed by atoms with Gasteiger partial charge in [0.2, 0.25) is 10.0 Å². The van der Waals surface area contributed by atoms with Gasteiger partial charge in [-0.25, -0.2) is 22.0 Å². The molecule has 2 rings (SSSR count). The lowest BCUT2D eigenvalue weighted by molar-refractivity contribution is 0.595.